The van der Waals surface area contributed by atoms with Gasteiger partial charge < -0.3 is 15.5 Å². The number of hydrogen-bond donors (Lipinski definition) is 2. The van der Waals surface area contributed by atoms with Crippen LogP contribution in [0.3, 0.4) is 0 Å². The summed E-state index contributed by atoms with van der Waals surface area (Å²) < 4.78 is 5.11. The van der Waals surface area contributed by atoms with Crippen molar-refractivity contribution in [3.63, 3.8) is 0 Å². The average Bonchev–Trinajstić information content (AvgIpc) is 2.86. The quantitative estimate of drug-likeness (QED) is 0.804. The first-order chi connectivity index (χ1) is 8.08. The van der Waals surface area contributed by atoms with Crippen LogP contribution in [0.25, 0.3) is 0 Å². The number of carbonyl (C=O) groups excluding carboxylic acids is 1. The van der Waals surface area contributed by atoms with Gasteiger partial charge in [-0.3, -0.25) is 4.79 Å². The van der Waals surface area contributed by atoms with Gasteiger partial charge in [0.05, 0.1) is 10.6 Å². The Bertz CT molecular complexity index is 441. The highest BCUT2D eigenvalue weighted by atomic mass is 32.1. The molecular weight excluding hydrogens is 236 g/mol. The van der Waals surface area contributed by atoms with E-state index in [1.807, 2.05) is 6.92 Å². The fraction of sp³-hybridized carbons (Fsp3) is 0.500. The topological polar surface area (TPSA) is 68.3 Å². The largest absolute Gasteiger partial charge is 0.469 e. The van der Waals surface area contributed by atoms with Crippen molar-refractivity contribution in [2.24, 2.45) is 11.7 Å². The summed E-state index contributed by atoms with van der Waals surface area (Å²) in [4.78, 5) is 12.4. The second-order valence-electron chi connectivity index (χ2n) is 4.47. The number of rotatable bonds is 3. The van der Waals surface area contributed by atoms with Gasteiger partial charge >= 0.3 is 0 Å². The third kappa shape index (κ3) is 2.66. The minimum atomic E-state index is -0.116. The molecule has 0 bridgehead atoms. The molecule has 0 radical (unpaired) electrons. The molecule has 17 heavy (non-hydrogen) atoms. The van der Waals surface area contributed by atoms with Gasteiger partial charge in [0.1, 0.15) is 12.0 Å². The minimum Gasteiger partial charge on any atom is -0.469 e. The number of aryl methyl sites for hydroxylation is 1. The molecule has 1 heterocycles. The maximum atomic E-state index is 11.9. The number of nitrogens with one attached hydrogen (secondary N) is 1. The van der Waals surface area contributed by atoms with Gasteiger partial charge in [-0.1, -0.05) is 18.6 Å². The summed E-state index contributed by atoms with van der Waals surface area (Å²) in [6.45, 7) is 1.81. The number of hydrogen-bond acceptors (Lipinski definition) is 3. The van der Waals surface area contributed by atoms with Crippen LogP contribution in [0.1, 0.15) is 35.4 Å². The fourth-order valence-corrected chi connectivity index (χ4v) is 2.57. The lowest BCUT2D eigenvalue weighted by Crippen LogP contribution is -2.41. The Morgan fingerprint density at radius 3 is 2.94 bits per heavy atom. The minimum absolute atomic E-state index is 0.0650. The maximum absolute atomic E-state index is 11.9. The van der Waals surface area contributed by atoms with Gasteiger partial charge in [-0.15, -0.1) is 0 Å². The fourth-order valence-electron chi connectivity index (χ4n) is 2.29. The molecule has 1 fully saturated rings. The summed E-state index contributed by atoms with van der Waals surface area (Å²) in [6, 6.07) is 1.79. The van der Waals surface area contributed by atoms with E-state index in [2.05, 4.69) is 5.32 Å². The molecule has 1 aromatic heterocycles. The van der Waals surface area contributed by atoms with Crippen molar-refractivity contribution in [2.75, 3.05) is 0 Å². The Balaban J connectivity index is 2.01. The van der Waals surface area contributed by atoms with Crippen LogP contribution in [0.15, 0.2) is 16.7 Å². The third-order valence-corrected chi connectivity index (χ3v) is 3.49. The summed E-state index contributed by atoms with van der Waals surface area (Å²) in [5, 5.41) is 2.97. The molecule has 1 aromatic rings. The molecule has 0 aromatic carbocycles. The summed E-state index contributed by atoms with van der Waals surface area (Å²) in [6.07, 6.45) is 4.42. The molecule has 1 aliphatic carbocycles. The second kappa shape index (κ2) is 4.87. The van der Waals surface area contributed by atoms with E-state index in [1.165, 1.54) is 6.26 Å². The number of furan rings is 1. The standard InChI is InChI=1S/C12H16N2O2S/c1-7-5-8(6-16-7)12(15)14-10-4-2-3-9(10)11(13)17/h5-6,9-10H,2-4H2,1H3,(H2,13,17)(H,14,15). The Morgan fingerprint density at radius 2 is 2.35 bits per heavy atom. The van der Waals surface area contributed by atoms with E-state index in [4.69, 9.17) is 22.4 Å². The van der Waals surface area contributed by atoms with Crippen molar-refractivity contribution in [2.45, 2.75) is 32.2 Å². The molecule has 1 saturated carbocycles. The smallest absolute Gasteiger partial charge is 0.254 e. The number of amides is 1. The zero-order chi connectivity index (χ0) is 12.4. The van der Waals surface area contributed by atoms with Crippen LogP contribution in [-0.2, 0) is 0 Å². The Labute approximate surface area is 106 Å². The second-order valence-corrected chi connectivity index (χ2v) is 4.94. The molecule has 2 atom stereocenters. The number of thiocarbonyl (C=S) groups is 1. The monoisotopic (exact) mass is 252 g/mol. The van der Waals surface area contributed by atoms with E-state index in [0.29, 0.717) is 10.6 Å². The van der Waals surface area contributed by atoms with Crippen LogP contribution in [0, 0.1) is 12.8 Å². The van der Waals surface area contributed by atoms with Gasteiger partial charge in [-0.2, -0.15) is 0 Å². The molecule has 0 saturated heterocycles. The molecule has 2 rings (SSSR count). The summed E-state index contributed by atoms with van der Waals surface area (Å²) in [5.41, 5.74) is 6.22. The van der Waals surface area contributed by atoms with Crippen LogP contribution < -0.4 is 11.1 Å². The molecular formula is C12H16N2O2S. The maximum Gasteiger partial charge on any atom is 0.254 e. The van der Waals surface area contributed by atoms with Gasteiger partial charge in [-0.25, -0.2) is 0 Å². The van der Waals surface area contributed by atoms with Gasteiger partial charge in [0.15, 0.2) is 0 Å². The Kier molecular flexibility index (Phi) is 3.47. The highest BCUT2D eigenvalue weighted by Gasteiger charge is 2.30. The molecule has 2 unspecified atom stereocenters. The van der Waals surface area contributed by atoms with Crippen molar-refractivity contribution in [1.82, 2.24) is 5.32 Å². The zero-order valence-corrected chi connectivity index (χ0v) is 10.5. The van der Waals surface area contributed by atoms with E-state index in [-0.39, 0.29) is 17.9 Å². The summed E-state index contributed by atoms with van der Waals surface area (Å²) >= 11 is 5.01. The highest BCUT2D eigenvalue weighted by molar-refractivity contribution is 7.80. The SMILES string of the molecule is Cc1cc(C(=O)NC2CCCC2C(N)=S)co1. The number of carbonyl (C=O) groups is 1. The van der Waals surface area contributed by atoms with Crippen molar-refractivity contribution in [1.29, 1.82) is 0 Å². The Morgan fingerprint density at radius 1 is 1.59 bits per heavy atom. The van der Waals surface area contributed by atoms with E-state index < -0.39 is 0 Å². The van der Waals surface area contributed by atoms with Gasteiger partial charge in [-0.05, 0) is 25.8 Å². The molecule has 92 valence electrons. The molecule has 0 aliphatic heterocycles. The molecule has 1 aliphatic rings. The highest BCUT2D eigenvalue weighted by Crippen LogP contribution is 2.26. The van der Waals surface area contributed by atoms with Crippen LogP contribution in [0.4, 0.5) is 0 Å². The molecule has 0 spiro atoms. The lowest BCUT2D eigenvalue weighted by molar-refractivity contribution is 0.0933. The van der Waals surface area contributed by atoms with Crippen molar-refractivity contribution >= 4 is 23.1 Å². The van der Waals surface area contributed by atoms with Crippen LogP contribution >= 0.6 is 12.2 Å². The zero-order valence-electron chi connectivity index (χ0n) is 9.73. The van der Waals surface area contributed by atoms with E-state index >= 15 is 0 Å². The van der Waals surface area contributed by atoms with E-state index in [9.17, 15) is 4.79 Å². The molecule has 4 nitrogen and oxygen atoms in total. The summed E-state index contributed by atoms with van der Waals surface area (Å²) in [7, 11) is 0. The first-order valence-corrected chi connectivity index (χ1v) is 6.14. The predicted octanol–water partition coefficient (Wildman–Crippen LogP) is 1.77. The van der Waals surface area contributed by atoms with Gasteiger partial charge in [0, 0.05) is 12.0 Å². The van der Waals surface area contributed by atoms with E-state index in [1.54, 1.807) is 6.07 Å². The first kappa shape index (κ1) is 12.1. The first-order valence-electron chi connectivity index (χ1n) is 5.73. The lowest BCUT2D eigenvalue weighted by Gasteiger charge is -2.19. The molecule has 1 amide bonds. The third-order valence-electron chi connectivity index (χ3n) is 3.19. The van der Waals surface area contributed by atoms with Crippen molar-refractivity contribution in [3.05, 3.63) is 23.7 Å². The van der Waals surface area contributed by atoms with Crippen molar-refractivity contribution < 1.29 is 9.21 Å². The van der Waals surface area contributed by atoms with Gasteiger partial charge in [0.2, 0.25) is 0 Å². The van der Waals surface area contributed by atoms with Gasteiger partial charge in [0.25, 0.3) is 5.91 Å². The normalized spacial score (nSPS) is 23.6. The molecule has 5 heteroatoms. The van der Waals surface area contributed by atoms with E-state index in [0.717, 1.165) is 25.0 Å². The average molecular weight is 252 g/mol. The lowest BCUT2D eigenvalue weighted by atomic mass is 10.0. The Hall–Kier alpha value is -1.36. The van der Waals surface area contributed by atoms with Crippen LogP contribution in [0.5, 0.6) is 0 Å². The predicted molar refractivity (Wildman–Crippen MR) is 68.8 cm³/mol. The van der Waals surface area contributed by atoms with Crippen LogP contribution in [0.2, 0.25) is 0 Å². The molecule has 3 N–H and O–H groups in total. The van der Waals surface area contributed by atoms with Crippen LogP contribution in [-0.4, -0.2) is 16.9 Å². The summed E-state index contributed by atoms with van der Waals surface area (Å²) in [5.74, 6) is 0.740. The van der Waals surface area contributed by atoms with Crippen molar-refractivity contribution in [3.8, 4) is 0 Å². The number of nitrogens with two attached hydrogens (primary N) is 1.